The van der Waals surface area contributed by atoms with Crippen molar-refractivity contribution >= 4 is 21.6 Å². The van der Waals surface area contributed by atoms with Gasteiger partial charge >= 0.3 is 0 Å². The number of aliphatic hydroxyl groups is 1. The molecule has 0 saturated heterocycles. The van der Waals surface area contributed by atoms with E-state index < -0.39 is 0 Å². The largest absolute Gasteiger partial charge is 0.486 e. The van der Waals surface area contributed by atoms with E-state index in [0.717, 1.165) is 40.2 Å². The van der Waals surface area contributed by atoms with E-state index in [1.165, 1.54) is 4.70 Å². The van der Waals surface area contributed by atoms with E-state index in [1.807, 2.05) is 36.4 Å². The van der Waals surface area contributed by atoms with Gasteiger partial charge in [-0.15, -0.1) is 11.3 Å². The van der Waals surface area contributed by atoms with Gasteiger partial charge in [0.25, 0.3) is 0 Å². The molecule has 1 unspecified atom stereocenters. The fourth-order valence-electron chi connectivity index (χ4n) is 2.86. The summed E-state index contributed by atoms with van der Waals surface area (Å²) in [5, 5.41) is 10.9. The summed E-state index contributed by atoms with van der Waals surface area (Å²) in [5.74, 6) is 0.878. The highest BCUT2D eigenvalue weighted by Crippen LogP contribution is 2.37. The van der Waals surface area contributed by atoms with Crippen molar-refractivity contribution in [3.05, 3.63) is 58.6 Å². The van der Waals surface area contributed by atoms with Gasteiger partial charge in [0.1, 0.15) is 17.4 Å². The third-order valence-electron chi connectivity index (χ3n) is 3.89. The van der Waals surface area contributed by atoms with Gasteiger partial charge in [-0.2, -0.15) is 0 Å². The highest BCUT2D eigenvalue weighted by molar-refractivity contribution is 7.18. The molecule has 1 atom stereocenters. The number of aliphatic hydroxyl groups excluding tert-OH is 1. The molecule has 0 bridgehead atoms. The zero-order valence-electron chi connectivity index (χ0n) is 11.5. The van der Waals surface area contributed by atoms with Gasteiger partial charge in [0.05, 0.1) is 16.3 Å². The van der Waals surface area contributed by atoms with E-state index in [0.29, 0.717) is 6.61 Å². The predicted octanol–water partition coefficient (Wildman–Crippen LogP) is 3.85. The molecule has 106 valence electrons. The van der Waals surface area contributed by atoms with Crippen molar-refractivity contribution in [1.82, 2.24) is 4.98 Å². The second-order valence-electron chi connectivity index (χ2n) is 5.24. The van der Waals surface area contributed by atoms with E-state index in [4.69, 9.17) is 4.74 Å². The third-order valence-corrected chi connectivity index (χ3v) is 4.90. The standard InChI is InChI=1S/C17H15NO2S/c19-14-9-8-12-11(14)4-3-6-15(12)20-10-17-18-13-5-1-2-7-16(13)21-17/h1-7,14,19H,8-10H2. The summed E-state index contributed by atoms with van der Waals surface area (Å²) in [6.07, 6.45) is 1.33. The minimum Gasteiger partial charge on any atom is -0.486 e. The normalized spacial score (nSPS) is 17.1. The Labute approximate surface area is 126 Å². The highest BCUT2D eigenvalue weighted by Gasteiger charge is 2.23. The predicted molar refractivity (Wildman–Crippen MR) is 83.7 cm³/mol. The van der Waals surface area contributed by atoms with Crippen LogP contribution in [0, 0.1) is 0 Å². The molecule has 1 aliphatic carbocycles. The van der Waals surface area contributed by atoms with Crippen LogP contribution in [0.5, 0.6) is 5.75 Å². The lowest BCUT2D eigenvalue weighted by atomic mass is 10.1. The van der Waals surface area contributed by atoms with Gasteiger partial charge in [0, 0.05) is 5.56 Å². The zero-order valence-corrected chi connectivity index (χ0v) is 12.3. The average molecular weight is 297 g/mol. The van der Waals surface area contributed by atoms with Gasteiger partial charge in [0.2, 0.25) is 0 Å². The fraction of sp³-hybridized carbons (Fsp3) is 0.235. The molecule has 0 aliphatic heterocycles. The number of hydrogen-bond acceptors (Lipinski definition) is 4. The Morgan fingerprint density at radius 2 is 2.10 bits per heavy atom. The lowest BCUT2D eigenvalue weighted by Crippen LogP contribution is -1.98. The summed E-state index contributed by atoms with van der Waals surface area (Å²) in [4.78, 5) is 4.58. The van der Waals surface area contributed by atoms with E-state index in [-0.39, 0.29) is 6.10 Å². The van der Waals surface area contributed by atoms with Crippen molar-refractivity contribution in [1.29, 1.82) is 0 Å². The molecule has 1 N–H and O–H groups in total. The molecule has 1 aliphatic rings. The lowest BCUT2D eigenvalue weighted by Gasteiger charge is -2.10. The quantitative estimate of drug-likeness (QED) is 0.798. The Hall–Kier alpha value is -1.91. The smallest absolute Gasteiger partial charge is 0.140 e. The van der Waals surface area contributed by atoms with Crippen LogP contribution >= 0.6 is 11.3 Å². The minimum atomic E-state index is -0.342. The maximum absolute atomic E-state index is 9.92. The fourth-order valence-corrected chi connectivity index (χ4v) is 3.74. The molecule has 1 heterocycles. The number of fused-ring (bicyclic) bond motifs is 2. The van der Waals surface area contributed by atoms with E-state index in [1.54, 1.807) is 11.3 Å². The Bertz CT molecular complexity index is 763. The first-order valence-corrected chi connectivity index (χ1v) is 7.90. The molecular weight excluding hydrogens is 282 g/mol. The molecule has 4 heteroatoms. The van der Waals surface area contributed by atoms with Crippen LogP contribution in [0.1, 0.15) is 28.7 Å². The summed E-state index contributed by atoms with van der Waals surface area (Å²) >= 11 is 1.66. The number of hydrogen-bond donors (Lipinski definition) is 1. The van der Waals surface area contributed by atoms with Crippen LogP contribution in [-0.2, 0) is 13.0 Å². The number of thiazole rings is 1. The summed E-state index contributed by atoms with van der Waals surface area (Å²) in [5.41, 5.74) is 3.18. The van der Waals surface area contributed by atoms with Crippen molar-refractivity contribution in [2.75, 3.05) is 0 Å². The Balaban J connectivity index is 1.57. The average Bonchev–Trinajstić information content (AvgIpc) is 3.09. The number of nitrogens with zero attached hydrogens (tertiary/aromatic N) is 1. The number of rotatable bonds is 3. The van der Waals surface area contributed by atoms with Crippen molar-refractivity contribution < 1.29 is 9.84 Å². The van der Waals surface area contributed by atoms with Crippen LogP contribution in [0.3, 0.4) is 0 Å². The second-order valence-corrected chi connectivity index (χ2v) is 6.36. The Morgan fingerprint density at radius 3 is 3.00 bits per heavy atom. The molecule has 0 saturated carbocycles. The van der Waals surface area contributed by atoms with Gasteiger partial charge in [-0.3, -0.25) is 0 Å². The topological polar surface area (TPSA) is 42.4 Å². The molecule has 1 aromatic heterocycles. The first-order chi connectivity index (χ1) is 10.3. The maximum atomic E-state index is 9.92. The molecule has 4 rings (SSSR count). The number of para-hydroxylation sites is 1. The van der Waals surface area contributed by atoms with Crippen molar-refractivity contribution in [3.8, 4) is 5.75 Å². The lowest BCUT2D eigenvalue weighted by molar-refractivity contribution is 0.180. The molecular formula is C17H15NO2S. The maximum Gasteiger partial charge on any atom is 0.140 e. The van der Waals surface area contributed by atoms with E-state index >= 15 is 0 Å². The third kappa shape index (κ3) is 2.30. The van der Waals surface area contributed by atoms with Gasteiger partial charge in [-0.1, -0.05) is 24.3 Å². The van der Waals surface area contributed by atoms with Crippen molar-refractivity contribution in [2.45, 2.75) is 25.6 Å². The first-order valence-electron chi connectivity index (χ1n) is 7.08. The number of ether oxygens (including phenoxy) is 1. The molecule has 3 aromatic rings. The van der Waals surface area contributed by atoms with Crippen LogP contribution in [0.25, 0.3) is 10.2 Å². The molecule has 0 amide bonds. The van der Waals surface area contributed by atoms with Gasteiger partial charge in [-0.25, -0.2) is 4.98 Å². The SMILES string of the molecule is OC1CCc2c(OCc3nc4ccccc4s3)cccc21. The Morgan fingerprint density at radius 1 is 1.19 bits per heavy atom. The molecule has 2 aromatic carbocycles. The van der Waals surface area contributed by atoms with Crippen LogP contribution in [0.2, 0.25) is 0 Å². The van der Waals surface area contributed by atoms with Crippen LogP contribution in [0.4, 0.5) is 0 Å². The highest BCUT2D eigenvalue weighted by atomic mass is 32.1. The molecule has 0 radical (unpaired) electrons. The number of aromatic nitrogens is 1. The van der Waals surface area contributed by atoms with E-state index in [9.17, 15) is 5.11 Å². The van der Waals surface area contributed by atoms with Crippen LogP contribution in [0.15, 0.2) is 42.5 Å². The van der Waals surface area contributed by atoms with Crippen LogP contribution < -0.4 is 4.74 Å². The van der Waals surface area contributed by atoms with Crippen molar-refractivity contribution in [2.24, 2.45) is 0 Å². The minimum absolute atomic E-state index is 0.342. The summed E-state index contributed by atoms with van der Waals surface area (Å²) in [7, 11) is 0. The second kappa shape index (κ2) is 5.13. The summed E-state index contributed by atoms with van der Waals surface area (Å²) in [6.45, 7) is 0.478. The molecule has 0 spiro atoms. The first kappa shape index (κ1) is 12.8. The molecule has 0 fully saturated rings. The molecule has 3 nitrogen and oxygen atoms in total. The summed E-state index contributed by atoms with van der Waals surface area (Å²) in [6, 6.07) is 14.0. The van der Waals surface area contributed by atoms with E-state index in [2.05, 4.69) is 11.1 Å². The van der Waals surface area contributed by atoms with Gasteiger partial charge < -0.3 is 9.84 Å². The molecule has 21 heavy (non-hydrogen) atoms. The van der Waals surface area contributed by atoms with Crippen molar-refractivity contribution in [3.63, 3.8) is 0 Å². The zero-order chi connectivity index (χ0) is 14.2. The van der Waals surface area contributed by atoms with Gasteiger partial charge in [0.15, 0.2) is 0 Å². The van der Waals surface area contributed by atoms with Crippen LogP contribution in [-0.4, -0.2) is 10.1 Å². The number of benzene rings is 2. The van der Waals surface area contributed by atoms with Gasteiger partial charge in [-0.05, 0) is 36.6 Å². The monoisotopic (exact) mass is 297 g/mol. The summed E-state index contributed by atoms with van der Waals surface area (Å²) < 4.78 is 7.13. The Kier molecular flexibility index (Phi) is 3.13.